The number of carbonyl (C=O) groups is 1. The van der Waals surface area contributed by atoms with E-state index in [1.807, 2.05) is 49.9 Å². The summed E-state index contributed by atoms with van der Waals surface area (Å²) in [5.41, 5.74) is 2.54. The molecule has 1 unspecified atom stereocenters. The second-order valence-electron chi connectivity index (χ2n) is 5.76. The smallest absolute Gasteiger partial charge is 0.245 e. The van der Waals surface area contributed by atoms with E-state index < -0.39 is 0 Å². The summed E-state index contributed by atoms with van der Waals surface area (Å²) in [6.07, 6.45) is 0.810. The number of carbonyl (C=O) groups excluding carboxylic acids is 1. The quantitative estimate of drug-likeness (QED) is 0.940. The molecule has 0 aliphatic carbocycles. The number of anilines is 1. The fraction of sp³-hybridized carbons (Fsp3) is 0.438. The molecule has 5 nitrogen and oxygen atoms in total. The molecule has 0 radical (unpaired) electrons. The zero-order chi connectivity index (χ0) is 15.0. The largest absolute Gasteiger partial charge is 0.357 e. The molecule has 1 aliphatic rings. The third-order valence-electron chi connectivity index (χ3n) is 3.92. The summed E-state index contributed by atoms with van der Waals surface area (Å²) >= 11 is 0. The number of aryl methyl sites for hydroxylation is 1. The highest BCUT2D eigenvalue weighted by molar-refractivity contribution is 5.87. The molecule has 1 atom stereocenters. The van der Waals surface area contributed by atoms with E-state index in [4.69, 9.17) is 0 Å². The van der Waals surface area contributed by atoms with Gasteiger partial charge in [0.25, 0.3) is 0 Å². The van der Waals surface area contributed by atoms with E-state index in [0.717, 1.165) is 29.7 Å². The Balaban J connectivity index is 1.85. The van der Waals surface area contributed by atoms with Crippen molar-refractivity contribution >= 4 is 22.8 Å². The van der Waals surface area contributed by atoms with Gasteiger partial charge in [-0.2, -0.15) is 0 Å². The van der Waals surface area contributed by atoms with Crippen molar-refractivity contribution in [3.05, 3.63) is 30.0 Å². The number of para-hydroxylation sites is 2. The fourth-order valence-corrected chi connectivity index (χ4v) is 2.74. The van der Waals surface area contributed by atoms with Crippen molar-refractivity contribution in [1.82, 2.24) is 14.9 Å². The predicted octanol–water partition coefficient (Wildman–Crippen LogP) is 2.36. The van der Waals surface area contributed by atoms with Gasteiger partial charge < -0.3 is 10.2 Å². The molecular weight excluding hydrogens is 264 g/mol. The van der Waals surface area contributed by atoms with E-state index >= 15 is 0 Å². The van der Waals surface area contributed by atoms with Gasteiger partial charge in [0.05, 0.1) is 16.7 Å². The first-order valence-corrected chi connectivity index (χ1v) is 7.36. The number of nitrogens with one attached hydrogen (secondary N) is 1. The molecule has 110 valence electrons. The summed E-state index contributed by atoms with van der Waals surface area (Å²) in [4.78, 5) is 23.4. The standard InChI is InChI=1S/C16H20N4O/c1-10(2)20-9-8-14(16(20)21)19-15-11(3)17-12-6-4-5-7-13(12)18-15/h4-7,10,14H,8-9H2,1-3H3,(H,18,19). The Morgan fingerprint density at radius 1 is 1.24 bits per heavy atom. The molecule has 1 N–H and O–H groups in total. The lowest BCUT2D eigenvalue weighted by atomic mass is 10.2. The minimum Gasteiger partial charge on any atom is -0.357 e. The van der Waals surface area contributed by atoms with Crippen LogP contribution in [-0.2, 0) is 4.79 Å². The molecule has 1 aromatic heterocycles. The summed E-state index contributed by atoms with van der Waals surface area (Å²) in [6, 6.07) is 7.82. The van der Waals surface area contributed by atoms with Crippen LogP contribution in [-0.4, -0.2) is 39.4 Å². The zero-order valence-electron chi connectivity index (χ0n) is 12.6. The highest BCUT2D eigenvalue weighted by atomic mass is 16.2. The highest BCUT2D eigenvalue weighted by Crippen LogP contribution is 2.21. The van der Waals surface area contributed by atoms with Crippen molar-refractivity contribution in [3.8, 4) is 0 Å². The van der Waals surface area contributed by atoms with E-state index in [2.05, 4.69) is 15.3 Å². The Morgan fingerprint density at radius 2 is 1.90 bits per heavy atom. The second-order valence-corrected chi connectivity index (χ2v) is 5.76. The maximum Gasteiger partial charge on any atom is 0.245 e. The third kappa shape index (κ3) is 2.55. The van der Waals surface area contributed by atoms with Crippen LogP contribution in [0.5, 0.6) is 0 Å². The normalized spacial score (nSPS) is 18.8. The van der Waals surface area contributed by atoms with Crippen molar-refractivity contribution in [2.75, 3.05) is 11.9 Å². The summed E-state index contributed by atoms with van der Waals surface area (Å²) in [5, 5.41) is 3.27. The number of amides is 1. The molecule has 0 saturated carbocycles. The fourth-order valence-electron chi connectivity index (χ4n) is 2.74. The monoisotopic (exact) mass is 284 g/mol. The van der Waals surface area contributed by atoms with Crippen LogP contribution in [0.1, 0.15) is 26.0 Å². The van der Waals surface area contributed by atoms with Crippen molar-refractivity contribution in [3.63, 3.8) is 0 Å². The van der Waals surface area contributed by atoms with Crippen LogP contribution < -0.4 is 5.32 Å². The average molecular weight is 284 g/mol. The number of likely N-dealkylation sites (tertiary alicyclic amines) is 1. The van der Waals surface area contributed by atoms with Crippen molar-refractivity contribution < 1.29 is 4.79 Å². The first kappa shape index (κ1) is 13.8. The zero-order valence-corrected chi connectivity index (χ0v) is 12.6. The molecule has 2 aromatic rings. The molecule has 1 aliphatic heterocycles. The summed E-state index contributed by atoms with van der Waals surface area (Å²) in [6.45, 7) is 6.80. The molecular formula is C16H20N4O. The first-order chi connectivity index (χ1) is 10.1. The van der Waals surface area contributed by atoms with Crippen LogP contribution in [0.4, 0.5) is 5.82 Å². The number of fused-ring (bicyclic) bond motifs is 1. The van der Waals surface area contributed by atoms with E-state index in [9.17, 15) is 4.79 Å². The number of aromatic nitrogens is 2. The number of hydrogen-bond acceptors (Lipinski definition) is 4. The van der Waals surface area contributed by atoms with Crippen LogP contribution in [0.3, 0.4) is 0 Å². The maximum atomic E-state index is 12.3. The lowest BCUT2D eigenvalue weighted by Crippen LogP contribution is -2.37. The first-order valence-electron chi connectivity index (χ1n) is 7.36. The van der Waals surface area contributed by atoms with Gasteiger partial charge in [0.15, 0.2) is 0 Å². The Hall–Kier alpha value is -2.17. The Labute approximate surface area is 124 Å². The van der Waals surface area contributed by atoms with Gasteiger partial charge in [-0.1, -0.05) is 12.1 Å². The van der Waals surface area contributed by atoms with Crippen LogP contribution >= 0.6 is 0 Å². The van der Waals surface area contributed by atoms with Crippen molar-refractivity contribution in [1.29, 1.82) is 0 Å². The van der Waals surface area contributed by atoms with Gasteiger partial charge in [-0.25, -0.2) is 9.97 Å². The third-order valence-corrected chi connectivity index (χ3v) is 3.92. The topological polar surface area (TPSA) is 58.1 Å². The number of benzene rings is 1. The summed E-state index contributed by atoms with van der Waals surface area (Å²) < 4.78 is 0. The minimum absolute atomic E-state index is 0.152. The van der Waals surface area contributed by atoms with Gasteiger partial charge in [0.1, 0.15) is 11.9 Å². The van der Waals surface area contributed by atoms with Gasteiger partial charge in [0, 0.05) is 12.6 Å². The average Bonchev–Trinajstić information content (AvgIpc) is 2.81. The molecule has 1 fully saturated rings. The SMILES string of the molecule is Cc1nc2ccccc2nc1NC1CCN(C(C)C)C1=O. The summed E-state index contributed by atoms with van der Waals surface area (Å²) in [5.74, 6) is 0.858. The lowest BCUT2D eigenvalue weighted by Gasteiger charge is -2.21. The number of nitrogens with zero attached hydrogens (tertiary/aromatic N) is 3. The van der Waals surface area contributed by atoms with Crippen LogP contribution in [0, 0.1) is 6.92 Å². The van der Waals surface area contributed by atoms with E-state index in [0.29, 0.717) is 5.82 Å². The molecule has 0 bridgehead atoms. The molecule has 2 heterocycles. The lowest BCUT2D eigenvalue weighted by molar-refractivity contribution is -0.129. The predicted molar refractivity (Wildman–Crippen MR) is 83.2 cm³/mol. The summed E-state index contributed by atoms with van der Waals surface area (Å²) in [7, 11) is 0. The Bertz CT molecular complexity index is 683. The number of hydrogen-bond donors (Lipinski definition) is 1. The van der Waals surface area contributed by atoms with E-state index in [1.165, 1.54) is 0 Å². The second kappa shape index (κ2) is 5.31. The molecule has 21 heavy (non-hydrogen) atoms. The molecule has 3 rings (SSSR count). The Morgan fingerprint density at radius 3 is 2.52 bits per heavy atom. The Kier molecular flexibility index (Phi) is 3.49. The molecule has 1 aromatic carbocycles. The van der Waals surface area contributed by atoms with Gasteiger partial charge in [-0.05, 0) is 39.3 Å². The highest BCUT2D eigenvalue weighted by Gasteiger charge is 2.33. The van der Waals surface area contributed by atoms with Crippen molar-refractivity contribution in [2.45, 2.75) is 39.3 Å². The molecule has 0 spiro atoms. The van der Waals surface area contributed by atoms with Crippen LogP contribution in [0.15, 0.2) is 24.3 Å². The van der Waals surface area contributed by atoms with Gasteiger partial charge in [0.2, 0.25) is 5.91 Å². The molecule has 1 amide bonds. The van der Waals surface area contributed by atoms with Gasteiger partial charge in [-0.15, -0.1) is 0 Å². The molecule has 1 saturated heterocycles. The number of rotatable bonds is 3. The molecule has 5 heteroatoms. The maximum absolute atomic E-state index is 12.3. The van der Waals surface area contributed by atoms with E-state index in [1.54, 1.807) is 0 Å². The van der Waals surface area contributed by atoms with Gasteiger partial charge in [-0.3, -0.25) is 4.79 Å². The van der Waals surface area contributed by atoms with Crippen LogP contribution in [0.2, 0.25) is 0 Å². The minimum atomic E-state index is -0.193. The van der Waals surface area contributed by atoms with Crippen molar-refractivity contribution in [2.24, 2.45) is 0 Å². The van der Waals surface area contributed by atoms with Crippen LogP contribution in [0.25, 0.3) is 11.0 Å². The van der Waals surface area contributed by atoms with E-state index in [-0.39, 0.29) is 18.0 Å². The van der Waals surface area contributed by atoms with Gasteiger partial charge >= 0.3 is 0 Å².